The van der Waals surface area contributed by atoms with E-state index in [2.05, 4.69) is 20.3 Å². The maximum atomic E-state index is 11.2. The van der Waals surface area contributed by atoms with Gasteiger partial charge in [0.1, 0.15) is 11.6 Å². The van der Waals surface area contributed by atoms with E-state index in [1.54, 1.807) is 48.8 Å². The van der Waals surface area contributed by atoms with Crippen molar-refractivity contribution in [3.8, 4) is 11.6 Å². The summed E-state index contributed by atoms with van der Waals surface area (Å²) in [5, 5.41) is 8.18. The molecule has 0 fully saturated rings. The number of aryl methyl sites for hydroxylation is 1. The van der Waals surface area contributed by atoms with E-state index in [0.29, 0.717) is 35.5 Å². The summed E-state index contributed by atoms with van der Waals surface area (Å²) in [6.45, 7) is 2.49. The third-order valence-corrected chi connectivity index (χ3v) is 4.69. The average molecular weight is 451 g/mol. The van der Waals surface area contributed by atoms with Gasteiger partial charge in [-0.3, -0.25) is 0 Å². The third-order valence-electron chi connectivity index (χ3n) is 3.96. The summed E-state index contributed by atoms with van der Waals surface area (Å²) >= 11 is 0. The van der Waals surface area contributed by atoms with E-state index in [-0.39, 0.29) is 18.2 Å². The van der Waals surface area contributed by atoms with Gasteiger partial charge in [-0.25, -0.2) is 23.5 Å². The van der Waals surface area contributed by atoms with Crippen molar-refractivity contribution in [3.63, 3.8) is 0 Å². The average Bonchev–Trinajstić information content (AvgIpc) is 2.67. The van der Waals surface area contributed by atoms with Gasteiger partial charge >= 0.3 is 0 Å². The molecule has 0 bridgehead atoms. The molecule has 0 saturated carbocycles. The minimum Gasteiger partial charge on any atom is -0.439 e. The van der Waals surface area contributed by atoms with Crippen LogP contribution in [0.5, 0.6) is 11.6 Å². The molecular formula is C19H23ClN6O3S. The number of ether oxygens (including phenoxy) is 1. The maximum absolute atomic E-state index is 11.2. The lowest BCUT2D eigenvalue weighted by molar-refractivity contribution is 0.463. The van der Waals surface area contributed by atoms with Crippen LogP contribution in [0.15, 0.2) is 48.8 Å². The molecule has 0 unspecified atom stereocenters. The third kappa shape index (κ3) is 7.14. The van der Waals surface area contributed by atoms with Crippen molar-refractivity contribution in [2.75, 3.05) is 11.1 Å². The molecule has 160 valence electrons. The van der Waals surface area contributed by atoms with Crippen LogP contribution < -0.4 is 20.9 Å². The molecule has 3 rings (SSSR count). The summed E-state index contributed by atoms with van der Waals surface area (Å²) in [6, 6.07) is 10.0. The van der Waals surface area contributed by atoms with E-state index in [9.17, 15) is 8.42 Å². The quantitative estimate of drug-likeness (QED) is 0.474. The van der Waals surface area contributed by atoms with Crippen LogP contribution in [0.2, 0.25) is 0 Å². The zero-order chi connectivity index (χ0) is 20.9. The number of nitrogens with zero attached hydrogens (tertiary/aromatic N) is 3. The number of pyridine rings is 1. The number of nitrogens with one attached hydrogen (secondary N) is 1. The van der Waals surface area contributed by atoms with Gasteiger partial charge in [0.05, 0.1) is 5.75 Å². The summed E-state index contributed by atoms with van der Waals surface area (Å²) in [4.78, 5) is 12.7. The predicted octanol–water partition coefficient (Wildman–Crippen LogP) is 2.63. The number of halogens is 1. The smallest absolute Gasteiger partial charge is 0.222 e. The molecule has 0 atom stereocenters. The van der Waals surface area contributed by atoms with Crippen molar-refractivity contribution in [2.24, 2.45) is 5.14 Å². The van der Waals surface area contributed by atoms with Crippen molar-refractivity contribution in [2.45, 2.75) is 25.6 Å². The number of benzene rings is 1. The molecule has 11 heteroatoms. The van der Waals surface area contributed by atoms with Crippen LogP contribution in [0.25, 0.3) is 0 Å². The number of nitrogens with two attached hydrogens (primary N) is 2. The Morgan fingerprint density at radius 3 is 2.30 bits per heavy atom. The van der Waals surface area contributed by atoms with Crippen LogP contribution >= 0.6 is 12.4 Å². The predicted molar refractivity (Wildman–Crippen MR) is 118 cm³/mol. The van der Waals surface area contributed by atoms with Gasteiger partial charge in [0.2, 0.25) is 21.9 Å². The van der Waals surface area contributed by atoms with Crippen LogP contribution in [-0.2, 0) is 28.7 Å². The highest BCUT2D eigenvalue weighted by molar-refractivity contribution is 7.88. The normalized spacial score (nSPS) is 10.9. The number of rotatable bonds is 8. The lowest BCUT2D eigenvalue weighted by Gasteiger charge is -2.10. The maximum Gasteiger partial charge on any atom is 0.222 e. The topological polar surface area (TPSA) is 146 Å². The Balaban J connectivity index is 0.00000320. The second-order valence-electron chi connectivity index (χ2n) is 6.41. The van der Waals surface area contributed by atoms with Gasteiger partial charge in [0, 0.05) is 25.0 Å². The molecule has 0 aliphatic rings. The molecule has 2 aromatic heterocycles. The molecule has 1 aromatic carbocycles. The highest BCUT2D eigenvalue weighted by Crippen LogP contribution is 2.23. The van der Waals surface area contributed by atoms with Crippen LogP contribution in [0, 0.1) is 0 Å². The molecule has 2 heterocycles. The summed E-state index contributed by atoms with van der Waals surface area (Å²) in [7, 11) is -3.58. The second kappa shape index (κ2) is 10.2. The number of aromatic nitrogens is 3. The molecule has 0 aliphatic carbocycles. The summed E-state index contributed by atoms with van der Waals surface area (Å²) in [5.41, 5.74) is 8.36. The first-order chi connectivity index (χ1) is 13.8. The van der Waals surface area contributed by atoms with Crippen LogP contribution in [-0.4, -0.2) is 23.4 Å². The van der Waals surface area contributed by atoms with Gasteiger partial charge in [0.15, 0.2) is 0 Å². The lowest BCUT2D eigenvalue weighted by atomic mass is 10.2. The summed E-state index contributed by atoms with van der Waals surface area (Å²) in [6.07, 6.45) is 4.44. The summed E-state index contributed by atoms with van der Waals surface area (Å²) < 4.78 is 28.0. The largest absolute Gasteiger partial charge is 0.439 e. The molecule has 0 spiro atoms. The Morgan fingerprint density at radius 1 is 1.03 bits per heavy atom. The fourth-order valence-electron chi connectivity index (χ4n) is 2.55. The van der Waals surface area contributed by atoms with Crippen molar-refractivity contribution in [1.29, 1.82) is 0 Å². The minimum absolute atomic E-state index is 0. The minimum atomic E-state index is -3.58. The number of hydrogen-bond acceptors (Lipinski definition) is 8. The molecule has 5 N–H and O–H groups in total. The number of nitrogen functional groups attached to an aromatic ring is 1. The molecule has 30 heavy (non-hydrogen) atoms. The van der Waals surface area contributed by atoms with Gasteiger partial charge in [-0.05, 0) is 41.3 Å². The second-order valence-corrected chi connectivity index (χ2v) is 8.03. The van der Waals surface area contributed by atoms with Gasteiger partial charge in [0.25, 0.3) is 0 Å². The van der Waals surface area contributed by atoms with E-state index in [0.717, 1.165) is 17.5 Å². The van der Waals surface area contributed by atoms with E-state index in [4.69, 9.17) is 15.6 Å². The Kier molecular flexibility index (Phi) is 7.93. The van der Waals surface area contributed by atoms with Gasteiger partial charge in [-0.1, -0.05) is 19.1 Å². The SMILES string of the molecule is CCc1cnc(NCc2cc(N)nc(Oc3ccc(CS(N)(=O)=O)cc3)c2)nc1.Cl. The number of hydrogen-bond donors (Lipinski definition) is 3. The fourth-order valence-corrected chi connectivity index (χ4v) is 3.21. The van der Waals surface area contributed by atoms with Crippen LogP contribution in [0.4, 0.5) is 11.8 Å². The number of primary sulfonamides is 1. The lowest BCUT2D eigenvalue weighted by Crippen LogP contribution is -2.14. The molecule has 0 radical (unpaired) electrons. The Bertz CT molecular complexity index is 1080. The van der Waals surface area contributed by atoms with Gasteiger partial charge in [-0.15, -0.1) is 12.4 Å². The Morgan fingerprint density at radius 2 is 1.70 bits per heavy atom. The molecular weight excluding hydrogens is 428 g/mol. The van der Waals surface area contributed by atoms with Crippen LogP contribution in [0.1, 0.15) is 23.6 Å². The zero-order valence-corrected chi connectivity index (χ0v) is 17.9. The monoisotopic (exact) mass is 450 g/mol. The first kappa shape index (κ1) is 23.3. The number of sulfonamides is 1. The van der Waals surface area contributed by atoms with E-state index in [1.807, 2.05) is 6.92 Å². The molecule has 0 aliphatic heterocycles. The summed E-state index contributed by atoms with van der Waals surface area (Å²) in [5.74, 6) is 1.42. The van der Waals surface area contributed by atoms with E-state index < -0.39 is 10.0 Å². The molecule has 9 nitrogen and oxygen atoms in total. The highest BCUT2D eigenvalue weighted by Gasteiger charge is 2.07. The molecule has 0 saturated heterocycles. The van der Waals surface area contributed by atoms with Crippen molar-refractivity contribution < 1.29 is 13.2 Å². The van der Waals surface area contributed by atoms with Crippen molar-refractivity contribution in [1.82, 2.24) is 15.0 Å². The number of anilines is 2. The zero-order valence-electron chi connectivity index (χ0n) is 16.3. The Labute approximate surface area is 181 Å². The van der Waals surface area contributed by atoms with Crippen LogP contribution in [0.3, 0.4) is 0 Å². The van der Waals surface area contributed by atoms with Crippen molar-refractivity contribution >= 4 is 34.2 Å². The van der Waals surface area contributed by atoms with Gasteiger partial charge < -0.3 is 15.8 Å². The fraction of sp³-hybridized carbons (Fsp3) is 0.211. The first-order valence-electron chi connectivity index (χ1n) is 8.89. The van der Waals surface area contributed by atoms with Gasteiger partial charge in [-0.2, -0.15) is 4.98 Å². The van der Waals surface area contributed by atoms with Crippen molar-refractivity contribution in [3.05, 3.63) is 65.5 Å². The standard InChI is InChI=1S/C19H22N6O3S.ClH/c1-2-13-9-22-19(23-10-13)24-11-15-7-17(20)25-18(8-15)28-16-5-3-14(4-6-16)12-29(21,26)27;/h3-10H,2,11-12H2,1H3,(H2,20,25)(H2,21,26,27)(H,22,23,24);1H. The highest BCUT2D eigenvalue weighted by atomic mass is 35.5. The first-order valence-corrected chi connectivity index (χ1v) is 10.6. The molecule has 3 aromatic rings. The Hall–Kier alpha value is -2.95. The molecule has 0 amide bonds. The van der Waals surface area contributed by atoms with E-state index in [1.165, 1.54) is 0 Å². The van der Waals surface area contributed by atoms with E-state index >= 15 is 0 Å².